The summed E-state index contributed by atoms with van der Waals surface area (Å²) in [5.41, 5.74) is -0.0414. The Balaban J connectivity index is 2.48. The topological polar surface area (TPSA) is 30.7 Å². The quantitative estimate of drug-likeness (QED) is 0.748. The summed E-state index contributed by atoms with van der Waals surface area (Å²) in [7, 11) is 0. The van der Waals surface area contributed by atoms with E-state index in [1.807, 2.05) is 0 Å². The van der Waals surface area contributed by atoms with Crippen molar-refractivity contribution in [1.29, 1.82) is 0 Å². The third-order valence-electron chi connectivity index (χ3n) is 1.95. The molecule has 2 rings (SSSR count). The molecular formula is C9H5F3GaN3. The third-order valence-corrected chi connectivity index (χ3v) is 2.78. The van der Waals surface area contributed by atoms with Crippen molar-refractivity contribution in [2.45, 2.75) is 6.18 Å². The first-order valence-electron chi connectivity index (χ1n) is 4.32. The molecule has 0 aliphatic rings. The Labute approximate surface area is 99.5 Å². The van der Waals surface area contributed by atoms with Crippen molar-refractivity contribution >= 4 is 18.8 Å². The molecule has 7 heteroatoms. The van der Waals surface area contributed by atoms with Gasteiger partial charge in [0.2, 0.25) is 0 Å². The first-order valence-corrected chi connectivity index (χ1v) is 5.40. The molecule has 0 amide bonds. The fourth-order valence-electron chi connectivity index (χ4n) is 1.24. The van der Waals surface area contributed by atoms with E-state index >= 15 is 0 Å². The summed E-state index contributed by atoms with van der Waals surface area (Å²) in [5, 5.41) is 3.44. The van der Waals surface area contributed by atoms with Gasteiger partial charge >= 0.3 is 99.2 Å². The summed E-state index contributed by atoms with van der Waals surface area (Å²) in [5.74, 6) is 0. The van der Waals surface area contributed by atoms with Crippen LogP contribution in [0.4, 0.5) is 13.2 Å². The zero-order valence-electron chi connectivity index (χ0n) is 7.94. The van der Waals surface area contributed by atoms with Crippen LogP contribution in [0.1, 0.15) is 5.69 Å². The second-order valence-electron chi connectivity index (χ2n) is 3.07. The van der Waals surface area contributed by atoms with E-state index < -0.39 is 11.9 Å². The SMILES string of the molecule is FC(F)(F)c1cc(-c2ccccn2)[n]([Ga])n1. The number of alkyl halides is 3. The van der Waals surface area contributed by atoms with E-state index in [-0.39, 0.29) is 0 Å². The molecule has 0 aromatic carbocycles. The first kappa shape index (κ1) is 11.3. The monoisotopic (exact) mass is 281 g/mol. The van der Waals surface area contributed by atoms with Crippen LogP contribution in [0, 0.1) is 0 Å². The average Bonchev–Trinajstić information content (AvgIpc) is 2.61. The van der Waals surface area contributed by atoms with Crippen LogP contribution < -0.4 is 0 Å². The van der Waals surface area contributed by atoms with Crippen molar-refractivity contribution in [2.75, 3.05) is 0 Å². The molecule has 2 aromatic rings. The number of rotatable bonds is 1. The van der Waals surface area contributed by atoms with E-state index in [0.717, 1.165) is 24.9 Å². The summed E-state index contributed by atoms with van der Waals surface area (Å²) < 4.78 is 38.5. The second kappa shape index (κ2) is 3.98. The van der Waals surface area contributed by atoms with Crippen molar-refractivity contribution in [3.05, 3.63) is 36.2 Å². The standard InChI is InChI=1S/C9H5F3N3.Ga/c10-9(11,12)8-5-7(14-15-8)6-3-1-2-4-13-6;/h1-5H;/q-1;+1. The number of hydrogen-bond acceptors (Lipinski definition) is 2. The second-order valence-corrected chi connectivity index (χ2v) is 4.10. The van der Waals surface area contributed by atoms with E-state index in [9.17, 15) is 13.2 Å². The zero-order chi connectivity index (χ0) is 11.8. The van der Waals surface area contributed by atoms with Gasteiger partial charge in [-0.2, -0.15) is 0 Å². The molecule has 0 N–H and O–H groups in total. The van der Waals surface area contributed by atoms with E-state index in [0.29, 0.717) is 11.4 Å². The van der Waals surface area contributed by atoms with Gasteiger partial charge in [0, 0.05) is 0 Å². The summed E-state index contributed by atoms with van der Waals surface area (Å²) in [6, 6.07) is 6.07. The molecule has 80 valence electrons. The van der Waals surface area contributed by atoms with Gasteiger partial charge in [-0.05, 0) is 0 Å². The summed E-state index contributed by atoms with van der Waals surface area (Å²) in [6.07, 6.45) is -2.89. The van der Waals surface area contributed by atoms with Gasteiger partial charge in [-0.3, -0.25) is 0 Å². The molecule has 2 aromatic heterocycles. The maximum atomic E-state index is 12.4. The van der Waals surface area contributed by atoms with Crippen molar-refractivity contribution in [3.63, 3.8) is 0 Å². The molecule has 3 nitrogen and oxygen atoms in total. The van der Waals surface area contributed by atoms with E-state index in [1.165, 1.54) is 9.59 Å². The summed E-state index contributed by atoms with van der Waals surface area (Å²) in [6.45, 7) is 0. The van der Waals surface area contributed by atoms with Crippen LogP contribution in [0.15, 0.2) is 30.5 Å². The van der Waals surface area contributed by atoms with Crippen LogP contribution in [0.25, 0.3) is 11.4 Å². The van der Waals surface area contributed by atoms with Crippen LogP contribution in [-0.4, -0.2) is 32.3 Å². The number of aromatic nitrogens is 3. The molecule has 0 saturated heterocycles. The average molecular weight is 282 g/mol. The minimum absolute atomic E-state index is 0.368. The minimum atomic E-state index is -4.42. The van der Waals surface area contributed by atoms with Gasteiger partial charge in [0.15, 0.2) is 0 Å². The van der Waals surface area contributed by atoms with Gasteiger partial charge in [-0.1, -0.05) is 0 Å². The predicted molar refractivity (Wildman–Crippen MR) is 51.6 cm³/mol. The van der Waals surface area contributed by atoms with Crippen LogP contribution in [0.3, 0.4) is 0 Å². The Kier molecular flexibility index (Phi) is 2.81. The van der Waals surface area contributed by atoms with Gasteiger partial charge in [-0.15, -0.1) is 0 Å². The fourth-order valence-corrected chi connectivity index (χ4v) is 1.93. The Morgan fingerprint density at radius 2 is 2.00 bits per heavy atom. The Bertz CT molecular complexity index is 492. The summed E-state index contributed by atoms with van der Waals surface area (Å²) >= 11 is 0.973. The van der Waals surface area contributed by atoms with Crippen molar-refractivity contribution in [1.82, 2.24) is 13.5 Å². The molecule has 2 radical (unpaired) electrons. The van der Waals surface area contributed by atoms with E-state index in [1.54, 1.807) is 18.2 Å². The first-order chi connectivity index (χ1) is 7.48. The van der Waals surface area contributed by atoms with Crippen molar-refractivity contribution < 1.29 is 13.2 Å². The van der Waals surface area contributed by atoms with Gasteiger partial charge in [0.05, 0.1) is 0 Å². The summed E-state index contributed by atoms with van der Waals surface area (Å²) in [4.78, 5) is 3.99. The normalized spacial score (nSPS) is 11.7. The number of pyridine rings is 1. The molecule has 0 fully saturated rings. The molecular weight excluding hydrogens is 277 g/mol. The van der Waals surface area contributed by atoms with Crippen molar-refractivity contribution in [3.8, 4) is 11.4 Å². The number of halogens is 3. The molecule has 0 aliphatic heterocycles. The predicted octanol–water partition coefficient (Wildman–Crippen LogP) is 1.90. The van der Waals surface area contributed by atoms with Crippen molar-refractivity contribution in [2.24, 2.45) is 0 Å². The number of hydrogen-bond donors (Lipinski definition) is 0. The number of nitrogens with zero attached hydrogens (tertiary/aromatic N) is 3. The molecule has 0 spiro atoms. The fraction of sp³-hybridized carbons (Fsp3) is 0.111. The molecule has 2 heterocycles. The van der Waals surface area contributed by atoms with E-state index in [2.05, 4.69) is 10.1 Å². The van der Waals surface area contributed by atoms with E-state index in [4.69, 9.17) is 0 Å². The van der Waals surface area contributed by atoms with Gasteiger partial charge in [-0.25, -0.2) is 0 Å². The third kappa shape index (κ3) is 2.14. The maximum absolute atomic E-state index is 12.4. The Hall–Kier alpha value is -1.21. The Morgan fingerprint density at radius 3 is 2.50 bits per heavy atom. The zero-order valence-corrected chi connectivity index (χ0v) is 10.4. The molecule has 0 saturated carbocycles. The van der Waals surface area contributed by atoms with Crippen LogP contribution in [0.5, 0.6) is 0 Å². The molecule has 0 aliphatic carbocycles. The van der Waals surface area contributed by atoms with Gasteiger partial charge in [0.25, 0.3) is 0 Å². The molecule has 0 unspecified atom stereocenters. The van der Waals surface area contributed by atoms with Gasteiger partial charge < -0.3 is 0 Å². The van der Waals surface area contributed by atoms with Crippen LogP contribution in [-0.2, 0) is 6.18 Å². The van der Waals surface area contributed by atoms with Crippen LogP contribution >= 0.6 is 0 Å². The van der Waals surface area contributed by atoms with Gasteiger partial charge in [0.1, 0.15) is 0 Å². The van der Waals surface area contributed by atoms with Crippen LogP contribution in [0.2, 0.25) is 0 Å². The Morgan fingerprint density at radius 1 is 1.25 bits per heavy atom. The molecule has 16 heavy (non-hydrogen) atoms. The molecule has 0 atom stereocenters. The molecule has 0 bridgehead atoms.